The third kappa shape index (κ3) is 2.93. The Morgan fingerprint density at radius 3 is 2.70 bits per heavy atom. The maximum atomic E-state index is 12.0. The van der Waals surface area contributed by atoms with Crippen molar-refractivity contribution in [3.8, 4) is 0 Å². The van der Waals surface area contributed by atoms with Crippen molar-refractivity contribution in [3.05, 3.63) is 48.6 Å². The van der Waals surface area contributed by atoms with Crippen molar-refractivity contribution >= 4 is 5.97 Å². The van der Waals surface area contributed by atoms with Crippen molar-refractivity contribution in [1.82, 2.24) is 4.90 Å². The second-order valence-electron chi connectivity index (χ2n) is 5.33. The minimum atomic E-state index is -0.159. The van der Waals surface area contributed by atoms with Gasteiger partial charge in [0.25, 0.3) is 0 Å². The molecule has 1 aliphatic rings. The van der Waals surface area contributed by atoms with E-state index in [1.807, 2.05) is 24.3 Å². The first kappa shape index (κ1) is 14.8. The van der Waals surface area contributed by atoms with Gasteiger partial charge in [0.2, 0.25) is 0 Å². The molecule has 3 heteroatoms. The van der Waals surface area contributed by atoms with Crippen LogP contribution in [0.4, 0.5) is 0 Å². The number of hydrogen-bond acceptors (Lipinski definition) is 3. The molecular formula is C17H23NO2. The van der Waals surface area contributed by atoms with Crippen LogP contribution in [0.3, 0.4) is 0 Å². The number of likely N-dealkylation sites (tertiary alicyclic amines) is 1. The number of nitrogens with zero attached hydrogens (tertiary/aromatic N) is 1. The molecule has 0 radical (unpaired) electrons. The lowest BCUT2D eigenvalue weighted by Gasteiger charge is -2.28. The van der Waals surface area contributed by atoms with E-state index in [-0.39, 0.29) is 18.1 Å². The Kier molecular flexibility index (Phi) is 4.96. The SMILES string of the molecule is C=C[C@H]1[C@H](CC)C[C@H](C(=O)OC)N1Cc1ccccc1. The zero-order valence-corrected chi connectivity index (χ0v) is 12.3. The maximum absolute atomic E-state index is 12.0. The van der Waals surface area contributed by atoms with Gasteiger partial charge in [0.05, 0.1) is 7.11 Å². The largest absolute Gasteiger partial charge is 0.468 e. The van der Waals surface area contributed by atoms with Crippen molar-refractivity contribution in [2.45, 2.75) is 38.4 Å². The van der Waals surface area contributed by atoms with Gasteiger partial charge in [-0.3, -0.25) is 9.69 Å². The molecule has 2 rings (SSSR count). The van der Waals surface area contributed by atoms with Gasteiger partial charge < -0.3 is 4.74 Å². The van der Waals surface area contributed by atoms with Crippen LogP contribution < -0.4 is 0 Å². The normalized spacial score (nSPS) is 26.4. The smallest absolute Gasteiger partial charge is 0.323 e. The molecule has 3 nitrogen and oxygen atoms in total. The molecular weight excluding hydrogens is 250 g/mol. The summed E-state index contributed by atoms with van der Waals surface area (Å²) in [5, 5.41) is 0. The summed E-state index contributed by atoms with van der Waals surface area (Å²) in [6, 6.07) is 10.3. The van der Waals surface area contributed by atoms with Crippen LogP contribution in [-0.2, 0) is 16.1 Å². The van der Waals surface area contributed by atoms with Crippen molar-refractivity contribution in [2.24, 2.45) is 5.92 Å². The fraction of sp³-hybridized carbons (Fsp3) is 0.471. The van der Waals surface area contributed by atoms with Crippen LogP contribution in [0.1, 0.15) is 25.3 Å². The molecule has 1 aromatic carbocycles. The molecule has 1 heterocycles. The number of hydrogen-bond donors (Lipinski definition) is 0. The van der Waals surface area contributed by atoms with Gasteiger partial charge in [-0.15, -0.1) is 6.58 Å². The highest BCUT2D eigenvalue weighted by Crippen LogP contribution is 2.34. The quantitative estimate of drug-likeness (QED) is 0.610. The summed E-state index contributed by atoms with van der Waals surface area (Å²) in [5.74, 6) is 0.337. The first-order valence-corrected chi connectivity index (χ1v) is 7.21. The first-order valence-electron chi connectivity index (χ1n) is 7.21. The molecule has 0 aromatic heterocycles. The Morgan fingerprint density at radius 2 is 2.15 bits per heavy atom. The lowest BCUT2D eigenvalue weighted by atomic mass is 9.96. The van der Waals surface area contributed by atoms with Crippen molar-refractivity contribution in [2.75, 3.05) is 7.11 Å². The summed E-state index contributed by atoms with van der Waals surface area (Å²) in [6.07, 6.45) is 3.88. The Morgan fingerprint density at radius 1 is 1.45 bits per heavy atom. The van der Waals surface area contributed by atoms with Crippen LogP contribution in [0, 0.1) is 5.92 Å². The molecule has 0 saturated carbocycles. The van der Waals surface area contributed by atoms with E-state index in [1.165, 1.54) is 12.7 Å². The average molecular weight is 273 g/mol. The summed E-state index contributed by atoms with van der Waals surface area (Å²) < 4.78 is 4.97. The predicted molar refractivity (Wildman–Crippen MR) is 80.2 cm³/mol. The van der Waals surface area contributed by atoms with Crippen molar-refractivity contribution in [3.63, 3.8) is 0 Å². The number of carbonyl (C=O) groups is 1. The van der Waals surface area contributed by atoms with Gasteiger partial charge in [0, 0.05) is 12.6 Å². The summed E-state index contributed by atoms with van der Waals surface area (Å²) in [5.41, 5.74) is 1.21. The molecule has 1 fully saturated rings. The highest BCUT2D eigenvalue weighted by atomic mass is 16.5. The van der Waals surface area contributed by atoms with Crippen LogP contribution in [0.25, 0.3) is 0 Å². The molecule has 0 amide bonds. The van der Waals surface area contributed by atoms with Crippen LogP contribution in [0.2, 0.25) is 0 Å². The molecule has 0 bridgehead atoms. The molecule has 1 aliphatic heterocycles. The van der Waals surface area contributed by atoms with E-state index in [0.29, 0.717) is 5.92 Å². The minimum absolute atomic E-state index is 0.135. The van der Waals surface area contributed by atoms with Crippen LogP contribution in [0.5, 0.6) is 0 Å². The Labute approximate surface area is 121 Å². The topological polar surface area (TPSA) is 29.5 Å². The number of ether oxygens (including phenoxy) is 1. The fourth-order valence-electron chi connectivity index (χ4n) is 3.15. The highest BCUT2D eigenvalue weighted by molar-refractivity contribution is 5.76. The fourth-order valence-corrected chi connectivity index (χ4v) is 3.15. The molecule has 0 unspecified atom stereocenters. The lowest BCUT2D eigenvalue weighted by molar-refractivity contribution is -0.146. The van der Waals surface area contributed by atoms with E-state index in [0.717, 1.165) is 19.4 Å². The third-order valence-electron chi connectivity index (χ3n) is 4.24. The highest BCUT2D eigenvalue weighted by Gasteiger charge is 2.42. The summed E-state index contributed by atoms with van der Waals surface area (Å²) in [4.78, 5) is 14.3. The van der Waals surface area contributed by atoms with Gasteiger partial charge >= 0.3 is 5.97 Å². The van der Waals surface area contributed by atoms with Crippen LogP contribution in [0.15, 0.2) is 43.0 Å². The summed E-state index contributed by atoms with van der Waals surface area (Å²) in [6.45, 7) is 6.88. The minimum Gasteiger partial charge on any atom is -0.468 e. The zero-order chi connectivity index (χ0) is 14.5. The van der Waals surface area contributed by atoms with E-state index in [4.69, 9.17) is 4.74 Å². The second-order valence-corrected chi connectivity index (χ2v) is 5.33. The molecule has 1 saturated heterocycles. The van der Waals surface area contributed by atoms with Crippen LogP contribution >= 0.6 is 0 Å². The molecule has 0 aliphatic carbocycles. The van der Waals surface area contributed by atoms with Gasteiger partial charge in [-0.25, -0.2) is 0 Å². The molecule has 0 spiro atoms. The second kappa shape index (κ2) is 6.71. The monoisotopic (exact) mass is 273 g/mol. The number of rotatable bonds is 5. The van der Waals surface area contributed by atoms with E-state index < -0.39 is 0 Å². The van der Waals surface area contributed by atoms with E-state index in [2.05, 4.69) is 30.5 Å². The average Bonchev–Trinajstić information content (AvgIpc) is 2.85. The van der Waals surface area contributed by atoms with Gasteiger partial charge in [-0.2, -0.15) is 0 Å². The Hall–Kier alpha value is -1.61. The molecule has 3 atom stereocenters. The Bertz CT molecular complexity index is 457. The number of carbonyl (C=O) groups excluding carboxylic acids is 1. The first-order chi connectivity index (χ1) is 9.71. The summed E-state index contributed by atoms with van der Waals surface area (Å²) in [7, 11) is 1.46. The molecule has 1 aromatic rings. The van der Waals surface area contributed by atoms with Gasteiger partial charge in [-0.1, -0.05) is 49.8 Å². The predicted octanol–water partition coefficient (Wildman–Crippen LogP) is 3.01. The van der Waals surface area contributed by atoms with Crippen molar-refractivity contribution < 1.29 is 9.53 Å². The molecule has 0 N–H and O–H groups in total. The number of benzene rings is 1. The number of esters is 1. The standard InChI is InChI=1S/C17H23NO2/c1-4-14-11-16(17(19)20-3)18(15(14)5-2)12-13-9-7-6-8-10-13/h5-10,14-16H,2,4,11-12H2,1,3H3/t14-,15+,16-/m1/s1. The van der Waals surface area contributed by atoms with Gasteiger partial charge in [0.15, 0.2) is 0 Å². The Balaban J connectivity index is 2.23. The van der Waals surface area contributed by atoms with E-state index in [9.17, 15) is 4.79 Å². The third-order valence-corrected chi connectivity index (χ3v) is 4.24. The zero-order valence-electron chi connectivity index (χ0n) is 12.3. The van der Waals surface area contributed by atoms with Gasteiger partial charge in [-0.05, 0) is 17.9 Å². The maximum Gasteiger partial charge on any atom is 0.323 e. The van der Waals surface area contributed by atoms with Crippen LogP contribution in [-0.4, -0.2) is 30.1 Å². The number of methoxy groups -OCH3 is 1. The van der Waals surface area contributed by atoms with Crippen molar-refractivity contribution in [1.29, 1.82) is 0 Å². The van der Waals surface area contributed by atoms with Gasteiger partial charge in [0.1, 0.15) is 6.04 Å². The lowest BCUT2D eigenvalue weighted by Crippen LogP contribution is -2.40. The molecule has 108 valence electrons. The van der Waals surface area contributed by atoms with E-state index in [1.54, 1.807) is 0 Å². The molecule has 20 heavy (non-hydrogen) atoms. The summed E-state index contributed by atoms with van der Waals surface area (Å²) >= 11 is 0. The van der Waals surface area contributed by atoms with E-state index >= 15 is 0 Å².